The van der Waals surface area contributed by atoms with Crippen LogP contribution in [-0.4, -0.2) is 34.3 Å². The molecule has 4 nitrogen and oxygen atoms in total. The molecule has 0 aromatic heterocycles. The predicted molar refractivity (Wildman–Crippen MR) is 59.9 cm³/mol. The van der Waals surface area contributed by atoms with Crippen molar-refractivity contribution >= 4 is 10.0 Å². The van der Waals surface area contributed by atoms with Crippen LogP contribution < -0.4 is 10.0 Å². The van der Waals surface area contributed by atoms with E-state index in [2.05, 4.69) is 17.0 Å². The Hall–Kier alpha value is -0.130. The smallest absolute Gasteiger partial charge is 0.212 e. The summed E-state index contributed by atoms with van der Waals surface area (Å²) in [4.78, 5) is 0. The van der Waals surface area contributed by atoms with Crippen molar-refractivity contribution in [3.05, 3.63) is 0 Å². The van der Waals surface area contributed by atoms with E-state index >= 15 is 0 Å². The van der Waals surface area contributed by atoms with E-state index in [9.17, 15) is 8.42 Å². The van der Waals surface area contributed by atoms with Gasteiger partial charge >= 0.3 is 0 Å². The lowest BCUT2D eigenvalue weighted by molar-refractivity contribution is 0.577. The second kappa shape index (κ2) is 8.20. The summed E-state index contributed by atoms with van der Waals surface area (Å²) in [7, 11) is -1.59. The zero-order valence-electron chi connectivity index (χ0n) is 9.17. The van der Waals surface area contributed by atoms with Crippen molar-refractivity contribution in [2.45, 2.75) is 32.6 Å². The van der Waals surface area contributed by atoms with Gasteiger partial charge in [0, 0.05) is 6.54 Å². The van der Waals surface area contributed by atoms with Crippen molar-refractivity contribution in [2.24, 2.45) is 0 Å². The first kappa shape index (κ1) is 13.9. The van der Waals surface area contributed by atoms with Crippen LogP contribution in [0.1, 0.15) is 32.6 Å². The number of unbranched alkanes of at least 4 members (excludes halogenated alkanes) is 3. The standard InChI is InChI=1S/C9H22N2O2S/c1-3-4-5-6-7-11-8-9-14(12,13)10-2/h10-11H,3-9H2,1-2H3. The average Bonchev–Trinajstić information content (AvgIpc) is 2.16. The number of hydrogen-bond donors (Lipinski definition) is 2. The van der Waals surface area contributed by atoms with Gasteiger partial charge in [-0.25, -0.2) is 13.1 Å². The molecule has 86 valence electrons. The Bertz CT molecular complexity index is 215. The molecule has 0 unspecified atom stereocenters. The Balaban J connectivity index is 3.22. The molecule has 0 fully saturated rings. The van der Waals surface area contributed by atoms with Gasteiger partial charge in [0.15, 0.2) is 0 Å². The summed E-state index contributed by atoms with van der Waals surface area (Å²) in [5.41, 5.74) is 0. The first-order valence-electron chi connectivity index (χ1n) is 5.24. The largest absolute Gasteiger partial charge is 0.316 e. The van der Waals surface area contributed by atoms with Crippen LogP contribution in [0.2, 0.25) is 0 Å². The molecular formula is C9H22N2O2S. The highest BCUT2D eigenvalue weighted by Crippen LogP contribution is 1.96. The van der Waals surface area contributed by atoms with Gasteiger partial charge in [0.05, 0.1) is 5.75 Å². The first-order chi connectivity index (χ1) is 6.62. The van der Waals surface area contributed by atoms with E-state index in [1.54, 1.807) is 0 Å². The maximum absolute atomic E-state index is 11.0. The molecule has 0 atom stereocenters. The van der Waals surface area contributed by atoms with E-state index in [0.29, 0.717) is 6.54 Å². The summed E-state index contributed by atoms with van der Waals surface area (Å²) in [5, 5.41) is 3.12. The van der Waals surface area contributed by atoms with Crippen LogP contribution in [0.3, 0.4) is 0 Å². The fourth-order valence-corrected chi connectivity index (χ4v) is 1.73. The van der Waals surface area contributed by atoms with Gasteiger partial charge in [-0.2, -0.15) is 0 Å². The maximum atomic E-state index is 11.0. The summed E-state index contributed by atoms with van der Waals surface area (Å²) in [5.74, 6) is 0.164. The van der Waals surface area contributed by atoms with Gasteiger partial charge in [-0.05, 0) is 20.0 Å². The second-order valence-corrected chi connectivity index (χ2v) is 5.38. The third-order valence-corrected chi connectivity index (χ3v) is 3.43. The summed E-state index contributed by atoms with van der Waals surface area (Å²) < 4.78 is 24.3. The molecule has 0 spiro atoms. The molecule has 0 saturated carbocycles. The van der Waals surface area contributed by atoms with Crippen LogP contribution in [0, 0.1) is 0 Å². The first-order valence-corrected chi connectivity index (χ1v) is 6.89. The number of rotatable bonds is 9. The van der Waals surface area contributed by atoms with Crippen molar-refractivity contribution in [2.75, 3.05) is 25.9 Å². The van der Waals surface area contributed by atoms with Crippen LogP contribution in [0.25, 0.3) is 0 Å². The molecule has 0 bridgehead atoms. The Labute approximate surface area is 87.5 Å². The molecule has 0 rings (SSSR count). The van der Waals surface area contributed by atoms with Crippen LogP contribution >= 0.6 is 0 Å². The highest BCUT2D eigenvalue weighted by atomic mass is 32.2. The van der Waals surface area contributed by atoms with Crippen LogP contribution in [0.5, 0.6) is 0 Å². The lowest BCUT2D eigenvalue weighted by Crippen LogP contribution is -2.30. The Morgan fingerprint density at radius 1 is 1.07 bits per heavy atom. The van der Waals surface area contributed by atoms with Gasteiger partial charge < -0.3 is 5.32 Å². The van der Waals surface area contributed by atoms with E-state index < -0.39 is 10.0 Å². The number of nitrogens with one attached hydrogen (secondary N) is 2. The fraction of sp³-hybridized carbons (Fsp3) is 1.00. The van der Waals surface area contributed by atoms with Gasteiger partial charge in [0.25, 0.3) is 0 Å². The minimum Gasteiger partial charge on any atom is -0.316 e. The molecule has 0 aliphatic heterocycles. The minimum atomic E-state index is -3.03. The molecule has 0 aromatic rings. The molecule has 0 aliphatic rings. The van der Waals surface area contributed by atoms with Crippen molar-refractivity contribution in [3.63, 3.8) is 0 Å². The average molecular weight is 222 g/mol. The molecule has 0 saturated heterocycles. The summed E-state index contributed by atoms with van der Waals surface area (Å²) >= 11 is 0. The number of sulfonamides is 1. The molecule has 0 aromatic carbocycles. The highest BCUT2D eigenvalue weighted by Gasteiger charge is 2.04. The van der Waals surface area contributed by atoms with Gasteiger partial charge in [0.2, 0.25) is 10.0 Å². The predicted octanol–water partition coefficient (Wildman–Crippen LogP) is 0.706. The summed E-state index contributed by atoms with van der Waals surface area (Å²) in [6.07, 6.45) is 4.85. The summed E-state index contributed by atoms with van der Waals surface area (Å²) in [6, 6.07) is 0. The van der Waals surface area contributed by atoms with Crippen LogP contribution in [0.15, 0.2) is 0 Å². The molecular weight excluding hydrogens is 200 g/mol. The monoisotopic (exact) mass is 222 g/mol. The zero-order valence-corrected chi connectivity index (χ0v) is 9.99. The lowest BCUT2D eigenvalue weighted by Gasteiger charge is -2.04. The molecule has 5 heteroatoms. The van der Waals surface area contributed by atoms with Gasteiger partial charge in [-0.15, -0.1) is 0 Å². The van der Waals surface area contributed by atoms with Crippen LogP contribution in [0.4, 0.5) is 0 Å². The topological polar surface area (TPSA) is 58.2 Å². The molecule has 2 N–H and O–H groups in total. The normalized spacial score (nSPS) is 11.9. The van der Waals surface area contributed by atoms with Gasteiger partial charge in [-0.1, -0.05) is 26.2 Å². The van der Waals surface area contributed by atoms with Gasteiger partial charge in [-0.3, -0.25) is 0 Å². The molecule has 0 heterocycles. The minimum absolute atomic E-state index is 0.164. The quantitative estimate of drug-likeness (QED) is 0.565. The van der Waals surface area contributed by atoms with Gasteiger partial charge in [0.1, 0.15) is 0 Å². The lowest BCUT2D eigenvalue weighted by atomic mass is 10.2. The third-order valence-electron chi connectivity index (χ3n) is 2.07. The molecule has 0 radical (unpaired) electrons. The second-order valence-electron chi connectivity index (χ2n) is 3.33. The molecule has 0 amide bonds. The SMILES string of the molecule is CCCCCCNCCS(=O)(=O)NC. The third kappa shape index (κ3) is 8.47. The summed E-state index contributed by atoms with van der Waals surface area (Å²) in [6.45, 7) is 3.63. The Kier molecular flexibility index (Phi) is 8.12. The Morgan fingerprint density at radius 3 is 2.36 bits per heavy atom. The molecule has 0 aliphatic carbocycles. The van der Waals surface area contributed by atoms with Crippen molar-refractivity contribution in [3.8, 4) is 0 Å². The molecule has 14 heavy (non-hydrogen) atoms. The van der Waals surface area contributed by atoms with E-state index in [-0.39, 0.29) is 5.75 Å². The van der Waals surface area contributed by atoms with E-state index in [4.69, 9.17) is 0 Å². The van der Waals surface area contributed by atoms with Crippen molar-refractivity contribution in [1.29, 1.82) is 0 Å². The van der Waals surface area contributed by atoms with Crippen molar-refractivity contribution in [1.82, 2.24) is 10.0 Å². The van der Waals surface area contributed by atoms with E-state index in [0.717, 1.165) is 13.0 Å². The fourth-order valence-electron chi connectivity index (χ4n) is 1.11. The Morgan fingerprint density at radius 2 is 1.79 bits per heavy atom. The van der Waals surface area contributed by atoms with Crippen molar-refractivity contribution < 1.29 is 8.42 Å². The van der Waals surface area contributed by atoms with Crippen LogP contribution in [-0.2, 0) is 10.0 Å². The highest BCUT2D eigenvalue weighted by molar-refractivity contribution is 7.89. The number of hydrogen-bond acceptors (Lipinski definition) is 3. The zero-order chi connectivity index (χ0) is 10.9. The van der Waals surface area contributed by atoms with E-state index in [1.807, 2.05) is 0 Å². The van der Waals surface area contributed by atoms with E-state index in [1.165, 1.54) is 26.3 Å². The maximum Gasteiger partial charge on any atom is 0.212 e.